The number of hydrogen-bond acceptors (Lipinski definition) is 4. The van der Waals surface area contributed by atoms with Crippen LogP contribution in [0.2, 0.25) is 0 Å². The largest absolute Gasteiger partial charge is 0.345 e. The maximum Gasteiger partial charge on any atom is 0.252 e. The highest BCUT2D eigenvalue weighted by atomic mass is 32.2. The normalized spacial score (nSPS) is 12.9. The molecule has 0 saturated carbocycles. The van der Waals surface area contributed by atoms with Gasteiger partial charge in [-0.15, -0.1) is 11.3 Å². The van der Waals surface area contributed by atoms with E-state index in [0.29, 0.717) is 5.56 Å². The lowest BCUT2D eigenvalue weighted by Crippen LogP contribution is -2.26. The van der Waals surface area contributed by atoms with Gasteiger partial charge in [-0.25, -0.2) is 8.42 Å². The minimum absolute atomic E-state index is 0.110. The van der Waals surface area contributed by atoms with Crippen LogP contribution in [-0.4, -0.2) is 20.6 Å². The number of aryl methyl sites for hydroxylation is 2. The van der Waals surface area contributed by atoms with Gasteiger partial charge in [-0.1, -0.05) is 12.1 Å². The van der Waals surface area contributed by atoms with Gasteiger partial charge in [0.2, 0.25) is 0 Å². The van der Waals surface area contributed by atoms with Crippen molar-refractivity contribution in [3.63, 3.8) is 0 Å². The summed E-state index contributed by atoms with van der Waals surface area (Å²) < 4.78 is 22.9. The zero-order valence-electron chi connectivity index (χ0n) is 13.0. The molecule has 1 N–H and O–H groups in total. The first kappa shape index (κ1) is 16.7. The number of carbonyl (C=O) groups excluding carboxylic acids is 1. The number of rotatable bonds is 4. The Morgan fingerprint density at radius 3 is 2.23 bits per heavy atom. The van der Waals surface area contributed by atoms with Gasteiger partial charge in [0, 0.05) is 16.0 Å². The fraction of sp³-hybridized carbons (Fsp3) is 0.312. The van der Waals surface area contributed by atoms with Crippen LogP contribution in [-0.2, 0) is 9.84 Å². The molecule has 0 aliphatic carbocycles. The first-order valence-electron chi connectivity index (χ1n) is 6.86. The Balaban J connectivity index is 2.14. The topological polar surface area (TPSA) is 63.2 Å². The van der Waals surface area contributed by atoms with Crippen LogP contribution < -0.4 is 5.32 Å². The Bertz CT molecular complexity index is 789. The van der Waals surface area contributed by atoms with Gasteiger partial charge < -0.3 is 5.32 Å². The first-order valence-corrected chi connectivity index (χ1v) is 9.57. The zero-order chi connectivity index (χ0) is 16.5. The molecule has 0 bridgehead atoms. The van der Waals surface area contributed by atoms with Crippen LogP contribution in [0.25, 0.3) is 0 Å². The summed E-state index contributed by atoms with van der Waals surface area (Å²) in [5.41, 5.74) is 1.56. The monoisotopic (exact) mass is 337 g/mol. The molecule has 1 heterocycles. The Morgan fingerprint density at radius 2 is 1.77 bits per heavy atom. The molecule has 0 unspecified atom stereocenters. The molecule has 1 aromatic heterocycles. The smallest absolute Gasteiger partial charge is 0.252 e. The Labute approximate surface area is 135 Å². The lowest BCUT2D eigenvalue weighted by atomic mass is 10.1. The number of thiophene rings is 1. The summed E-state index contributed by atoms with van der Waals surface area (Å²) in [5.74, 6) is -0.110. The number of hydrogen-bond donors (Lipinski definition) is 1. The van der Waals surface area contributed by atoms with Crippen LogP contribution in [0.1, 0.15) is 38.6 Å². The third kappa shape index (κ3) is 3.75. The van der Waals surface area contributed by atoms with Gasteiger partial charge in [0.1, 0.15) is 0 Å². The molecule has 0 radical (unpaired) electrons. The van der Waals surface area contributed by atoms with Crippen LogP contribution in [0.3, 0.4) is 0 Å². The summed E-state index contributed by atoms with van der Waals surface area (Å²) in [6.07, 6.45) is 1.18. The highest BCUT2D eigenvalue weighted by Crippen LogP contribution is 2.22. The molecule has 0 saturated heterocycles. The molecule has 0 aliphatic rings. The fourth-order valence-electron chi connectivity index (χ4n) is 2.22. The molecular weight excluding hydrogens is 318 g/mol. The second-order valence-electron chi connectivity index (χ2n) is 5.36. The van der Waals surface area contributed by atoms with E-state index < -0.39 is 9.84 Å². The quantitative estimate of drug-likeness (QED) is 0.931. The maximum atomic E-state index is 12.3. The average molecular weight is 337 g/mol. The van der Waals surface area contributed by atoms with Crippen molar-refractivity contribution in [2.75, 3.05) is 6.26 Å². The molecule has 4 nitrogen and oxygen atoms in total. The zero-order valence-corrected chi connectivity index (χ0v) is 14.6. The van der Waals surface area contributed by atoms with E-state index in [-0.39, 0.29) is 16.8 Å². The van der Waals surface area contributed by atoms with Gasteiger partial charge in [0.25, 0.3) is 5.91 Å². The van der Waals surface area contributed by atoms with Gasteiger partial charge in [0.05, 0.1) is 16.5 Å². The lowest BCUT2D eigenvalue weighted by molar-refractivity contribution is 0.0939. The number of benzene rings is 1. The summed E-state index contributed by atoms with van der Waals surface area (Å²) in [4.78, 5) is 14.7. The lowest BCUT2D eigenvalue weighted by Gasteiger charge is -2.14. The Morgan fingerprint density at radius 1 is 1.18 bits per heavy atom. The van der Waals surface area contributed by atoms with Gasteiger partial charge in [-0.3, -0.25) is 4.79 Å². The Kier molecular flexibility index (Phi) is 4.72. The van der Waals surface area contributed by atoms with E-state index in [9.17, 15) is 13.2 Å². The van der Waals surface area contributed by atoms with E-state index in [2.05, 4.69) is 5.32 Å². The van der Waals surface area contributed by atoms with Crippen LogP contribution in [0, 0.1) is 13.8 Å². The highest BCUT2D eigenvalue weighted by molar-refractivity contribution is 7.90. The summed E-state index contributed by atoms with van der Waals surface area (Å²) in [7, 11) is -3.20. The number of nitrogens with one attached hydrogen (secondary N) is 1. The number of carbonyl (C=O) groups is 1. The number of amides is 1. The highest BCUT2D eigenvalue weighted by Gasteiger charge is 2.16. The summed E-state index contributed by atoms with van der Waals surface area (Å²) in [6.45, 7) is 5.78. The molecule has 1 atom stereocenters. The van der Waals surface area contributed by atoms with E-state index in [4.69, 9.17) is 0 Å². The van der Waals surface area contributed by atoms with Gasteiger partial charge in [0.15, 0.2) is 9.84 Å². The molecule has 22 heavy (non-hydrogen) atoms. The van der Waals surface area contributed by atoms with Gasteiger partial charge >= 0.3 is 0 Å². The third-order valence-corrected chi connectivity index (χ3v) is 5.54. The molecule has 118 valence electrons. The SMILES string of the molecule is Cc1cc(C(=O)N[C@H](C)c2ccc(S(C)(=O)=O)cc2)c(C)s1. The van der Waals surface area contributed by atoms with Crippen molar-refractivity contribution in [3.05, 3.63) is 51.2 Å². The second kappa shape index (κ2) is 6.22. The van der Waals surface area contributed by atoms with Crippen molar-refractivity contribution in [2.45, 2.75) is 31.7 Å². The van der Waals surface area contributed by atoms with Crippen molar-refractivity contribution >= 4 is 27.1 Å². The van der Waals surface area contributed by atoms with E-state index in [0.717, 1.165) is 15.3 Å². The first-order chi connectivity index (χ1) is 10.2. The summed E-state index contributed by atoms with van der Waals surface area (Å²) >= 11 is 1.60. The van der Waals surface area contributed by atoms with Crippen molar-refractivity contribution in [1.82, 2.24) is 5.32 Å². The van der Waals surface area contributed by atoms with Crippen molar-refractivity contribution in [2.24, 2.45) is 0 Å². The van der Waals surface area contributed by atoms with E-state index >= 15 is 0 Å². The summed E-state index contributed by atoms with van der Waals surface area (Å²) in [5, 5.41) is 2.94. The van der Waals surface area contributed by atoms with E-state index in [1.807, 2.05) is 26.8 Å². The van der Waals surface area contributed by atoms with E-state index in [1.165, 1.54) is 6.26 Å². The third-order valence-electron chi connectivity index (χ3n) is 3.44. The number of sulfone groups is 1. The second-order valence-corrected chi connectivity index (χ2v) is 8.84. The fourth-order valence-corrected chi connectivity index (χ4v) is 3.77. The molecule has 1 amide bonds. The van der Waals surface area contributed by atoms with Crippen molar-refractivity contribution in [3.8, 4) is 0 Å². The standard InChI is InChI=1S/C16H19NO3S2/c1-10-9-15(12(3)21-10)16(18)17-11(2)13-5-7-14(8-6-13)22(4,19)20/h5-9,11H,1-4H3,(H,17,18)/t11-/m1/s1. The molecule has 0 spiro atoms. The van der Waals surface area contributed by atoms with Crippen LogP contribution in [0.15, 0.2) is 35.2 Å². The molecule has 2 rings (SSSR count). The van der Waals surface area contributed by atoms with Crippen LogP contribution >= 0.6 is 11.3 Å². The van der Waals surface area contributed by atoms with Crippen molar-refractivity contribution < 1.29 is 13.2 Å². The molecule has 6 heteroatoms. The van der Waals surface area contributed by atoms with E-state index in [1.54, 1.807) is 35.6 Å². The molecule has 1 aromatic carbocycles. The average Bonchev–Trinajstić information content (AvgIpc) is 2.77. The van der Waals surface area contributed by atoms with Gasteiger partial charge in [-0.05, 0) is 44.5 Å². The minimum atomic E-state index is -3.20. The summed E-state index contributed by atoms with van der Waals surface area (Å²) in [6, 6.07) is 8.27. The minimum Gasteiger partial charge on any atom is -0.345 e. The Hall–Kier alpha value is -1.66. The molecule has 2 aromatic rings. The van der Waals surface area contributed by atoms with Crippen molar-refractivity contribution in [1.29, 1.82) is 0 Å². The van der Waals surface area contributed by atoms with Gasteiger partial charge in [-0.2, -0.15) is 0 Å². The maximum absolute atomic E-state index is 12.3. The molecular formula is C16H19NO3S2. The molecule has 0 aliphatic heterocycles. The predicted octanol–water partition coefficient (Wildman–Crippen LogP) is 3.26. The van der Waals surface area contributed by atoms with Crippen LogP contribution in [0.4, 0.5) is 0 Å². The predicted molar refractivity (Wildman–Crippen MR) is 89.2 cm³/mol. The van der Waals surface area contributed by atoms with Crippen LogP contribution in [0.5, 0.6) is 0 Å². The molecule has 0 fully saturated rings.